The number of amides is 2. The van der Waals surface area contributed by atoms with Gasteiger partial charge in [0.2, 0.25) is 5.91 Å². The maximum absolute atomic E-state index is 13.3. The molecule has 1 atom stereocenters. The molecular formula is C31H46N6O3S. The normalized spacial score (nSPS) is 22.9. The third-order valence-corrected chi connectivity index (χ3v) is 9.37. The smallest absolute Gasteiger partial charge is 0.408 e. The lowest BCUT2D eigenvalue weighted by Gasteiger charge is -2.43. The number of piperazine rings is 1. The van der Waals surface area contributed by atoms with Crippen molar-refractivity contribution in [3.8, 4) is 5.69 Å². The largest absolute Gasteiger partial charge is 0.444 e. The molecule has 1 aromatic heterocycles. The Kier molecular flexibility index (Phi) is 9.49. The molecule has 2 aliphatic heterocycles. The van der Waals surface area contributed by atoms with Crippen LogP contribution < -0.4 is 10.2 Å². The number of nitrogens with one attached hydrogen (secondary N) is 1. The first kappa shape index (κ1) is 29.8. The summed E-state index contributed by atoms with van der Waals surface area (Å²) < 4.78 is 7.57. The maximum Gasteiger partial charge on any atom is 0.408 e. The molecule has 3 heterocycles. The van der Waals surface area contributed by atoms with Crippen LogP contribution in [0.4, 0.5) is 10.6 Å². The van der Waals surface area contributed by atoms with Gasteiger partial charge in [-0.05, 0) is 77.8 Å². The second kappa shape index (κ2) is 13.1. The van der Waals surface area contributed by atoms with Crippen molar-refractivity contribution in [2.45, 2.75) is 77.5 Å². The van der Waals surface area contributed by atoms with Crippen LogP contribution in [-0.4, -0.2) is 93.6 Å². The Balaban J connectivity index is 1.13. The molecule has 5 rings (SSSR count). The van der Waals surface area contributed by atoms with Crippen LogP contribution in [0.15, 0.2) is 36.4 Å². The highest BCUT2D eigenvalue weighted by Gasteiger charge is 2.35. The van der Waals surface area contributed by atoms with Gasteiger partial charge in [-0.15, -0.1) is 11.8 Å². The molecular weight excluding hydrogens is 536 g/mol. The topological polar surface area (TPSA) is 82.9 Å². The Bertz CT molecular complexity index is 1160. The van der Waals surface area contributed by atoms with Gasteiger partial charge in [-0.25, -0.2) is 9.48 Å². The van der Waals surface area contributed by atoms with E-state index < -0.39 is 17.7 Å². The predicted molar refractivity (Wildman–Crippen MR) is 165 cm³/mol. The molecule has 10 heteroatoms. The molecule has 2 aromatic rings. The van der Waals surface area contributed by atoms with Gasteiger partial charge in [0.15, 0.2) is 0 Å². The van der Waals surface area contributed by atoms with Crippen molar-refractivity contribution >= 4 is 29.6 Å². The fourth-order valence-corrected chi connectivity index (χ4v) is 7.30. The minimum atomic E-state index is -0.594. The monoisotopic (exact) mass is 582 g/mol. The lowest BCUT2D eigenvalue weighted by molar-refractivity contribution is -0.132. The number of para-hydroxylation sites is 1. The second-order valence-electron chi connectivity index (χ2n) is 12.7. The number of hydrogen-bond donors (Lipinski definition) is 1. The van der Waals surface area contributed by atoms with Gasteiger partial charge in [-0.3, -0.25) is 9.69 Å². The summed E-state index contributed by atoms with van der Waals surface area (Å²) in [5.74, 6) is 3.29. The minimum absolute atomic E-state index is 0.0316. The highest BCUT2D eigenvalue weighted by molar-refractivity contribution is 7.99. The Morgan fingerprint density at radius 2 is 1.76 bits per heavy atom. The first-order chi connectivity index (χ1) is 19.7. The van der Waals surface area contributed by atoms with E-state index in [-0.39, 0.29) is 5.91 Å². The van der Waals surface area contributed by atoms with Gasteiger partial charge < -0.3 is 19.9 Å². The molecule has 1 aromatic carbocycles. The van der Waals surface area contributed by atoms with E-state index in [1.807, 2.05) is 31.7 Å². The van der Waals surface area contributed by atoms with Crippen molar-refractivity contribution in [2.75, 3.05) is 49.3 Å². The van der Waals surface area contributed by atoms with Gasteiger partial charge >= 0.3 is 6.09 Å². The van der Waals surface area contributed by atoms with E-state index in [4.69, 9.17) is 9.84 Å². The second-order valence-corrected chi connectivity index (χ2v) is 13.7. The Morgan fingerprint density at radius 1 is 1.05 bits per heavy atom. The highest BCUT2D eigenvalue weighted by Crippen LogP contribution is 2.32. The number of ether oxygens (including phenoxy) is 1. The summed E-state index contributed by atoms with van der Waals surface area (Å²) in [7, 11) is 0. The van der Waals surface area contributed by atoms with Gasteiger partial charge in [0.05, 0.1) is 17.3 Å². The number of aromatic nitrogens is 2. The number of carbonyl (C=O) groups is 2. The molecule has 1 saturated carbocycles. The molecule has 0 bridgehead atoms. The number of benzene rings is 1. The number of alkyl carbamates (subject to hydrolysis) is 1. The van der Waals surface area contributed by atoms with Crippen LogP contribution >= 0.6 is 11.8 Å². The third kappa shape index (κ3) is 7.77. The Morgan fingerprint density at radius 3 is 2.39 bits per heavy atom. The van der Waals surface area contributed by atoms with Crippen LogP contribution in [0.1, 0.15) is 58.6 Å². The lowest BCUT2D eigenvalue weighted by Crippen LogP contribution is -2.52. The van der Waals surface area contributed by atoms with E-state index >= 15 is 0 Å². The van der Waals surface area contributed by atoms with E-state index in [9.17, 15) is 9.59 Å². The van der Waals surface area contributed by atoms with Crippen LogP contribution in [-0.2, 0) is 9.53 Å². The van der Waals surface area contributed by atoms with E-state index in [1.54, 1.807) is 11.8 Å². The molecule has 1 N–H and O–H groups in total. The molecule has 3 fully saturated rings. The van der Waals surface area contributed by atoms with E-state index in [1.165, 1.54) is 5.82 Å². The van der Waals surface area contributed by atoms with E-state index in [0.29, 0.717) is 24.3 Å². The summed E-state index contributed by atoms with van der Waals surface area (Å²) in [5.41, 5.74) is 1.53. The first-order valence-corrected chi connectivity index (χ1v) is 16.3. The molecule has 2 saturated heterocycles. The van der Waals surface area contributed by atoms with Crippen LogP contribution in [0.25, 0.3) is 5.69 Å². The van der Waals surface area contributed by atoms with Crippen molar-refractivity contribution in [3.63, 3.8) is 0 Å². The van der Waals surface area contributed by atoms with Crippen molar-refractivity contribution in [2.24, 2.45) is 5.92 Å². The van der Waals surface area contributed by atoms with Gasteiger partial charge in [-0.1, -0.05) is 18.2 Å². The van der Waals surface area contributed by atoms with Crippen molar-refractivity contribution in [1.29, 1.82) is 0 Å². The molecule has 9 nitrogen and oxygen atoms in total. The summed E-state index contributed by atoms with van der Waals surface area (Å²) >= 11 is 1.77. The Hall–Kier alpha value is -2.72. The summed E-state index contributed by atoms with van der Waals surface area (Å²) in [6, 6.07) is 12.6. The fourth-order valence-electron chi connectivity index (χ4n) is 6.34. The fraction of sp³-hybridized carbons (Fsp3) is 0.645. The summed E-state index contributed by atoms with van der Waals surface area (Å²) in [4.78, 5) is 32.9. The van der Waals surface area contributed by atoms with Gasteiger partial charge in [0.1, 0.15) is 17.5 Å². The quantitative estimate of drug-likeness (QED) is 0.508. The maximum atomic E-state index is 13.3. The molecule has 3 aliphatic rings. The zero-order valence-corrected chi connectivity index (χ0v) is 25.9. The number of anilines is 1. The average Bonchev–Trinajstić information content (AvgIpc) is 3.63. The standard InChI is InChI=1S/C31H46N6O3S/c1-23-20-28(37(33-23)26-8-6-5-7-9-26)35-16-14-34(15-17-35)25-12-10-24(11-13-25)21-27(29(38)36-18-19-41-22-36)32-30(39)40-31(2,3)4/h5-9,20,24-25,27H,10-19,21-22H2,1-4H3,(H,32,39). The summed E-state index contributed by atoms with van der Waals surface area (Å²) in [6.07, 6.45) is 4.62. The molecule has 41 heavy (non-hydrogen) atoms. The van der Waals surface area contributed by atoms with E-state index in [0.717, 1.165) is 75.5 Å². The minimum Gasteiger partial charge on any atom is -0.444 e. The number of thioether (sulfide) groups is 1. The third-order valence-electron chi connectivity index (χ3n) is 8.41. The number of aryl methyl sites for hydroxylation is 1. The Labute approximate surface area is 248 Å². The number of carbonyl (C=O) groups excluding carboxylic acids is 2. The average molecular weight is 583 g/mol. The van der Waals surface area contributed by atoms with Crippen LogP contribution in [0.3, 0.4) is 0 Å². The predicted octanol–water partition coefficient (Wildman–Crippen LogP) is 4.68. The van der Waals surface area contributed by atoms with Crippen LogP contribution in [0, 0.1) is 12.8 Å². The summed E-state index contributed by atoms with van der Waals surface area (Å²) in [6.45, 7) is 12.4. The van der Waals surface area contributed by atoms with Crippen LogP contribution in [0.5, 0.6) is 0 Å². The lowest BCUT2D eigenvalue weighted by atomic mass is 9.81. The van der Waals surface area contributed by atoms with Gasteiger partial charge in [0, 0.05) is 50.6 Å². The molecule has 2 amide bonds. The SMILES string of the molecule is Cc1cc(N2CCN(C3CCC(CC(NC(=O)OC(C)(C)C)C(=O)N4CCSC4)CC3)CC2)n(-c2ccccc2)n1. The number of nitrogens with zero attached hydrogens (tertiary/aromatic N) is 5. The van der Waals surface area contributed by atoms with Crippen molar-refractivity contribution in [1.82, 2.24) is 24.9 Å². The zero-order valence-electron chi connectivity index (χ0n) is 25.1. The molecule has 0 spiro atoms. The number of hydrogen-bond acceptors (Lipinski definition) is 7. The van der Waals surface area contributed by atoms with Crippen LogP contribution in [0.2, 0.25) is 0 Å². The molecule has 224 valence electrons. The van der Waals surface area contributed by atoms with E-state index in [2.05, 4.69) is 57.1 Å². The molecule has 1 aliphatic carbocycles. The highest BCUT2D eigenvalue weighted by atomic mass is 32.2. The number of rotatable bonds is 7. The van der Waals surface area contributed by atoms with Crippen molar-refractivity contribution < 1.29 is 14.3 Å². The summed E-state index contributed by atoms with van der Waals surface area (Å²) in [5, 5.41) is 7.69. The van der Waals surface area contributed by atoms with Gasteiger partial charge in [0.25, 0.3) is 0 Å². The van der Waals surface area contributed by atoms with Crippen molar-refractivity contribution in [3.05, 3.63) is 42.1 Å². The zero-order chi connectivity index (χ0) is 29.0. The van der Waals surface area contributed by atoms with Gasteiger partial charge in [-0.2, -0.15) is 5.10 Å². The first-order valence-electron chi connectivity index (χ1n) is 15.1. The molecule has 0 radical (unpaired) electrons. The molecule has 1 unspecified atom stereocenters.